The van der Waals surface area contributed by atoms with E-state index in [2.05, 4.69) is 4.74 Å². The van der Waals surface area contributed by atoms with Gasteiger partial charge in [0.2, 0.25) is 0 Å². The van der Waals surface area contributed by atoms with Crippen molar-refractivity contribution >= 4 is 23.3 Å². The number of halogens is 1. The van der Waals surface area contributed by atoms with Crippen LogP contribution < -0.4 is 4.90 Å². The average Bonchev–Trinajstić information content (AvgIpc) is 2.88. The Morgan fingerprint density at radius 2 is 1.91 bits per heavy atom. The summed E-state index contributed by atoms with van der Waals surface area (Å²) in [4.78, 5) is 28.5. The molecule has 0 saturated carbocycles. The van der Waals surface area contributed by atoms with Gasteiger partial charge in [-0.2, -0.15) is 0 Å². The molecule has 33 heavy (non-hydrogen) atoms. The molecule has 174 valence electrons. The van der Waals surface area contributed by atoms with Crippen LogP contribution in [0.25, 0.3) is 5.57 Å². The average molecular weight is 454 g/mol. The van der Waals surface area contributed by atoms with Crippen molar-refractivity contribution in [2.45, 2.75) is 13.0 Å². The molecule has 7 nitrogen and oxygen atoms in total. The highest BCUT2D eigenvalue weighted by Crippen LogP contribution is 2.28. The Morgan fingerprint density at radius 3 is 2.61 bits per heavy atom. The molecule has 0 N–H and O–H groups in total. The third-order valence-electron chi connectivity index (χ3n) is 5.81. The van der Waals surface area contributed by atoms with Crippen LogP contribution in [0.1, 0.15) is 27.9 Å². The number of ether oxygens (including phenoxy) is 3. The highest BCUT2D eigenvalue weighted by atomic mass is 19.1. The van der Waals surface area contributed by atoms with Crippen molar-refractivity contribution in [1.82, 2.24) is 4.90 Å². The molecule has 0 bridgehead atoms. The number of hydrogen-bond acceptors (Lipinski definition) is 5. The van der Waals surface area contributed by atoms with E-state index in [0.717, 1.165) is 23.6 Å². The Labute approximate surface area is 192 Å². The second-order valence-electron chi connectivity index (χ2n) is 7.87. The predicted molar refractivity (Wildman–Crippen MR) is 122 cm³/mol. The van der Waals surface area contributed by atoms with Gasteiger partial charge in [-0.3, -0.25) is 4.90 Å². The van der Waals surface area contributed by atoms with Crippen LogP contribution in [0.15, 0.2) is 48.5 Å². The van der Waals surface area contributed by atoms with Crippen LogP contribution in [-0.4, -0.2) is 63.5 Å². The molecule has 0 aliphatic carbocycles. The molecule has 1 fully saturated rings. The Hall–Kier alpha value is -3.23. The molecule has 0 atom stereocenters. The monoisotopic (exact) mass is 454 g/mol. The first kappa shape index (κ1) is 22.9. The minimum atomic E-state index is -0.612. The van der Waals surface area contributed by atoms with Crippen molar-refractivity contribution in [2.75, 3.05) is 51.5 Å². The fourth-order valence-corrected chi connectivity index (χ4v) is 3.95. The second-order valence-corrected chi connectivity index (χ2v) is 7.87. The summed E-state index contributed by atoms with van der Waals surface area (Å²) in [6, 6.07) is 11.7. The van der Waals surface area contributed by atoms with Gasteiger partial charge in [-0.15, -0.1) is 0 Å². The van der Waals surface area contributed by atoms with E-state index >= 15 is 0 Å². The molecule has 2 aliphatic rings. The first-order valence-electron chi connectivity index (χ1n) is 10.9. The number of carbonyl (C=O) groups excluding carboxylic acids is 2. The molecule has 2 amide bonds. The smallest absolute Gasteiger partial charge is 0.337 e. The molecule has 1 saturated heterocycles. The minimum Gasteiger partial charge on any atom is -0.465 e. The van der Waals surface area contributed by atoms with E-state index in [0.29, 0.717) is 50.8 Å². The number of nitrogens with zero attached hydrogens (tertiary/aromatic N) is 2. The van der Waals surface area contributed by atoms with E-state index in [1.54, 1.807) is 9.80 Å². The van der Waals surface area contributed by atoms with E-state index in [-0.39, 0.29) is 18.1 Å². The van der Waals surface area contributed by atoms with Gasteiger partial charge in [0, 0.05) is 24.3 Å². The predicted octanol–water partition coefficient (Wildman–Crippen LogP) is 3.87. The Morgan fingerprint density at radius 1 is 1.09 bits per heavy atom. The molecule has 0 aromatic heterocycles. The van der Waals surface area contributed by atoms with E-state index < -0.39 is 11.8 Å². The van der Waals surface area contributed by atoms with Crippen molar-refractivity contribution < 1.29 is 28.2 Å². The number of anilines is 1. The van der Waals surface area contributed by atoms with Crippen molar-refractivity contribution in [3.63, 3.8) is 0 Å². The molecule has 2 heterocycles. The van der Waals surface area contributed by atoms with Crippen LogP contribution in [0.3, 0.4) is 0 Å². The van der Waals surface area contributed by atoms with Crippen LogP contribution in [0.2, 0.25) is 0 Å². The Balaban J connectivity index is 1.66. The van der Waals surface area contributed by atoms with Crippen molar-refractivity contribution in [3.05, 3.63) is 71.0 Å². The summed E-state index contributed by atoms with van der Waals surface area (Å²) < 4.78 is 30.4. The van der Waals surface area contributed by atoms with Gasteiger partial charge in [0.05, 0.1) is 45.6 Å². The fourth-order valence-electron chi connectivity index (χ4n) is 3.95. The molecule has 8 heteroatoms. The zero-order valence-electron chi connectivity index (χ0n) is 18.6. The number of amides is 2. The maximum Gasteiger partial charge on any atom is 0.337 e. The molecule has 4 rings (SSSR count). The SMILES string of the molecule is COC(=O)c1ccc(CN(C(=O)N2CCOCC2)c2cccc(C3=CCOCC3)c2)c(F)c1. The second kappa shape index (κ2) is 10.6. The molecule has 0 spiro atoms. The van der Waals surface area contributed by atoms with Crippen molar-refractivity contribution in [1.29, 1.82) is 0 Å². The molecule has 0 unspecified atom stereocenters. The summed E-state index contributed by atoms with van der Waals surface area (Å²) in [7, 11) is 1.25. The van der Waals surface area contributed by atoms with Gasteiger partial charge in [0.15, 0.2) is 0 Å². The van der Waals surface area contributed by atoms with Crippen molar-refractivity contribution in [3.8, 4) is 0 Å². The van der Waals surface area contributed by atoms with Gasteiger partial charge in [0.1, 0.15) is 5.82 Å². The zero-order chi connectivity index (χ0) is 23.2. The van der Waals surface area contributed by atoms with Crippen LogP contribution in [-0.2, 0) is 20.8 Å². The van der Waals surface area contributed by atoms with Gasteiger partial charge in [-0.1, -0.05) is 24.3 Å². The van der Waals surface area contributed by atoms with Gasteiger partial charge in [0.25, 0.3) is 0 Å². The lowest BCUT2D eigenvalue weighted by atomic mass is 10.0. The molecule has 2 aliphatic heterocycles. The maximum absolute atomic E-state index is 14.9. The lowest BCUT2D eigenvalue weighted by Crippen LogP contribution is -2.48. The molecular weight excluding hydrogens is 427 g/mol. The Kier molecular flexibility index (Phi) is 7.36. The summed E-state index contributed by atoms with van der Waals surface area (Å²) in [6.07, 6.45) is 2.84. The summed E-state index contributed by atoms with van der Waals surface area (Å²) >= 11 is 0. The van der Waals surface area contributed by atoms with E-state index in [4.69, 9.17) is 9.47 Å². The summed E-state index contributed by atoms with van der Waals surface area (Å²) in [5.41, 5.74) is 3.28. The summed E-state index contributed by atoms with van der Waals surface area (Å²) in [5.74, 6) is -1.18. The zero-order valence-corrected chi connectivity index (χ0v) is 18.6. The van der Waals surface area contributed by atoms with E-state index in [1.807, 2.05) is 30.3 Å². The number of morpholine rings is 1. The normalized spacial score (nSPS) is 16.2. The topological polar surface area (TPSA) is 68.3 Å². The number of carbonyl (C=O) groups is 2. The van der Waals surface area contributed by atoms with Crippen LogP contribution >= 0.6 is 0 Å². The van der Waals surface area contributed by atoms with Gasteiger partial charge in [-0.05, 0) is 41.8 Å². The number of urea groups is 1. The maximum atomic E-state index is 14.9. The minimum absolute atomic E-state index is 0.0229. The van der Waals surface area contributed by atoms with Gasteiger partial charge >= 0.3 is 12.0 Å². The summed E-state index contributed by atoms with van der Waals surface area (Å²) in [6.45, 7) is 3.12. The number of methoxy groups -OCH3 is 1. The number of benzene rings is 2. The third kappa shape index (κ3) is 5.40. The third-order valence-corrected chi connectivity index (χ3v) is 5.81. The largest absolute Gasteiger partial charge is 0.465 e. The van der Waals surface area contributed by atoms with E-state index in [1.165, 1.54) is 19.2 Å². The molecule has 2 aromatic carbocycles. The van der Waals surface area contributed by atoms with Gasteiger partial charge in [-0.25, -0.2) is 14.0 Å². The number of hydrogen-bond donors (Lipinski definition) is 0. The highest BCUT2D eigenvalue weighted by molar-refractivity contribution is 5.93. The fraction of sp³-hybridized carbons (Fsp3) is 0.360. The highest BCUT2D eigenvalue weighted by Gasteiger charge is 2.26. The quantitative estimate of drug-likeness (QED) is 0.642. The first-order chi connectivity index (χ1) is 16.1. The molecular formula is C25H27FN2O5. The Bertz CT molecular complexity index is 1050. The number of rotatable bonds is 5. The van der Waals surface area contributed by atoms with Gasteiger partial charge < -0.3 is 19.1 Å². The van der Waals surface area contributed by atoms with E-state index in [9.17, 15) is 14.0 Å². The van der Waals surface area contributed by atoms with Crippen LogP contribution in [0.5, 0.6) is 0 Å². The van der Waals surface area contributed by atoms with Crippen LogP contribution in [0.4, 0.5) is 14.9 Å². The standard InChI is InChI=1S/C25H27FN2O5/c1-31-24(29)20-5-6-21(23(26)16-20)17-28(25(30)27-9-13-33-14-10-27)22-4-2-3-19(15-22)18-7-11-32-12-8-18/h2-7,15-16H,8-14,17H2,1H3. The molecule has 0 radical (unpaired) electrons. The number of esters is 1. The van der Waals surface area contributed by atoms with Crippen LogP contribution in [0, 0.1) is 5.82 Å². The lowest BCUT2D eigenvalue weighted by Gasteiger charge is -2.33. The summed E-state index contributed by atoms with van der Waals surface area (Å²) in [5, 5.41) is 0. The lowest BCUT2D eigenvalue weighted by molar-refractivity contribution is 0.0548. The molecule has 2 aromatic rings. The van der Waals surface area contributed by atoms with Crippen molar-refractivity contribution in [2.24, 2.45) is 0 Å². The first-order valence-corrected chi connectivity index (χ1v) is 10.9.